The van der Waals surface area contributed by atoms with Crippen molar-refractivity contribution in [2.45, 2.75) is 62.8 Å². The number of nitrogens with zero attached hydrogens (tertiary/aromatic N) is 3. The van der Waals surface area contributed by atoms with E-state index in [1.807, 2.05) is 18.2 Å². The molecule has 4 aliphatic rings. The summed E-state index contributed by atoms with van der Waals surface area (Å²) in [7, 11) is 0. The topological polar surface area (TPSA) is 30.3 Å². The smallest absolute Gasteiger partial charge is 0.250 e. The SMILES string of the molecule is FC1(F)CCN(C23CC(C2)[C@H](n2cc(I)nc2COCc2ccccc2)C3)CC1. The van der Waals surface area contributed by atoms with Crippen molar-refractivity contribution in [3.05, 3.63) is 51.6 Å². The van der Waals surface area contributed by atoms with Crippen molar-refractivity contribution < 1.29 is 13.5 Å². The fourth-order valence-electron chi connectivity index (χ4n) is 5.56. The molecule has 7 heteroatoms. The number of aromatic nitrogens is 2. The molecule has 0 radical (unpaired) electrons. The predicted molar refractivity (Wildman–Crippen MR) is 115 cm³/mol. The Kier molecular flexibility index (Phi) is 5.19. The molecule has 0 amide bonds. The van der Waals surface area contributed by atoms with E-state index >= 15 is 0 Å². The quantitative estimate of drug-likeness (QED) is 0.508. The molecule has 0 N–H and O–H groups in total. The van der Waals surface area contributed by atoms with Crippen LogP contribution in [0, 0.1) is 9.62 Å². The standard InChI is InChI=1S/C22H26F2IN3O/c23-22(24)6-8-27(9-7-22)21-10-17(11-21)18(12-21)28-13-19(25)26-20(28)15-29-14-16-4-2-1-3-5-16/h1-5,13,17-18H,6-12,14-15H2/t17?,18-,21?/m1/s1. The van der Waals surface area contributed by atoms with E-state index in [2.05, 4.69) is 50.4 Å². The molecule has 2 heterocycles. The molecule has 4 fully saturated rings. The van der Waals surface area contributed by atoms with Gasteiger partial charge in [0.25, 0.3) is 5.92 Å². The first kappa shape index (κ1) is 19.9. The van der Waals surface area contributed by atoms with E-state index in [9.17, 15) is 8.78 Å². The molecule has 1 aromatic carbocycles. The van der Waals surface area contributed by atoms with Gasteiger partial charge in [0.15, 0.2) is 0 Å². The Bertz CT molecular complexity index is 856. The van der Waals surface area contributed by atoms with Crippen LogP contribution in [-0.4, -0.2) is 39.0 Å². The molecule has 6 rings (SSSR count). The van der Waals surface area contributed by atoms with Crippen molar-refractivity contribution in [2.75, 3.05) is 13.1 Å². The number of halogens is 3. The average Bonchev–Trinajstić information content (AvgIpc) is 3.33. The van der Waals surface area contributed by atoms with Gasteiger partial charge in [0.05, 0.1) is 6.61 Å². The number of imidazole rings is 1. The van der Waals surface area contributed by atoms with Crippen molar-refractivity contribution in [3.8, 4) is 0 Å². The zero-order valence-corrected chi connectivity index (χ0v) is 18.5. The number of ether oxygens (including phenoxy) is 1. The van der Waals surface area contributed by atoms with Crippen LogP contribution in [0.4, 0.5) is 8.78 Å². The van der Waals surface area contributed by atoms with E-state index in [-0.39, 0.29) is 18.4 Å². The molecule has 2 aromatic rings. The van der Waals surface area contributed by atoms with Gasteiger partial charge in [-0.05, 0) is 53.3 Å². The van der Waals surface area contributed by atoms with Gasteiger partial charge in [-0.1, -0.05) is 30.3 Å². The molecule has 2 bridgehead atoms. The number of hydrogen-bond acceptors (Lipinski definition) is 3. The molecule has 1 aliphatic heterocycles. The lowest BCUT2D eigenvalue weighted by molar-refractivity contribution is -0.0912. The summed E-state index contributed by atoms with van der Waals surface area (Å²) in [5.41, 5.74) is 1.29. The predicted octanol–water partition coefficient (Wildman–Crippen LogP) is 5.03. The van der Waals surface area contributed by atoms with Gasteiger partial charge in [-0.3, -0.25) is 4.90 Å². The maximum absolute atomic E-state index is 13.6. The molecule has 1 saturated heterocycles. The highest BCUT2D eigenvalue weighted by atomic mass is 127. The number of fused-ring (bicyclic) bond motifs is 1. The third kappa shape index (κ3) is 3.85. The molecule has 0 unspecified atom stereocenters. The van der Waals surface area contributed by atoms with Gasteiger partial charge in [0.2, 0.25) is 0 Å². The van der Waals surface area contributed by atoms with E-state index in [0.29, 0.717) is 38.3 Å². The van der Waals surface area contributed by atoms with Crippen LogP contribution < -0.4 is 0 Å². The second kappa shape index (κ2) is 7.57. The van der Waals surface area contributed by atoms with Gasteiger partial charge in [0, 0.05) is 43.7 Å². The normalized spacial score (nSPS) is 31.0. The second-order valence-corrected chi connectivity index (χ2v) is 9.98. The van der Waals surface area contributed by atoms with Gasteiger partial charge < -0.3 is 9.30 Å². The van der Waals surface area contributed by atoms with Crippen molar-refractivity contribution >= 4 is 22.6 Å². The summed E-state index contributed by atoms with van der Waals surface area (Å²) >= 11 is 2.27. The molecule has 1 atom stereocenters. The van der Waals surface area contributed by atoms with Crippen LogP contribution in [0.15, 0.2) is 36.5 Å². The van der Waals surface area contributed by atoms with Crippen molar-refractivity contribution in [3.63, 3.8) is 0 Å². The summed E-state index contributed by atoms with van der Waals surface area (Å²) in [6.07, 6.45) is 5.44. The molecule has 156 valence electrons. The Morgan fingerprint density at radius 3 is 2.52 bits per heavy atom. The summed E-state index contributed by atoms with van der Waals surface area (Å²) < 4.78 is 36.4. The highest BCUT2D eigenvalue weighted by molar-refractivity contribution is 14.1. The molecule has 29 heavy (non-hydrogen) atoms. The maximum Gasteiger partial charge on any atom is 0.250 e. The number of rotatable bonds is 6. The van der Waals surface area contributed by atoms with Crippen LogP contribution in [0.3, 0.4) is 0 Å². The number of piperidine rings is 1. The minimum atomic E-state index is -2.47. The van der Waals surface area contributed by atoms with Crippen LogP contribution in [0.1, 0.15) is 49.5 Å². The van der Waals surface area contributed by atoms with Crippen LogP contribution in [0.25, 0.3) is 0 Å². The van der Waals surface area contributed by atoms with Crippen molar-refractivity contribution in [2.24, 2.45) is 5.92 Å². The van der Waals surface area contributed by atoms with Crippen molar-refractivity contribution in [1.82, 2.24) is 14.5 Å². The van der Waals surface area contributed by atoms with E-state index in [0.717, 1.165) is 34.4 Å². The lowest BCUT2D eigenvalue weighted by Crippen LogP contribution is -2.56. The van der Waals surface area contributed by atoms with Gasteiger partial charge in [0.1, 0.15) is 16.1 Å². The summed E-state index contributed by atoms with van der Waals surface area (Å²) in [6, 6.07) is 10.6. The third-order valence-electron chi connectivity index (χ3n) is 7.06. The maximum atomic E-state index is 13.6. The Hall–Kier alpha value is -1.06. The largest absolute Gasteiger partial charge is 0.369 e. The minimum absolute atomic E-state index is 0.00559. The van der Waals surface area contributed by atoms with E-state index < -0.39 is 5.92 Å². The van der Waals surface area contributed by atoms with E-state index in [1.165, 1.54) is 0 Å². The molecule has 3 aliphatic carbocycles. The van der Waals surface area contributed by atoms with Gasteiger partial charge in [-0.15, -0.1) is 0 Å². The summed E-state index contributed by atoms with van der Waals surface area (Å²) in [4.78, 5) is 7.06. The van der Waals surface area contributed by atoms with Crippen LogP contribution in [0.5, 0.6) is 0 Å². The van der Waals surface area contributed by atoms with Crippen LogP contribution in [-0.2, 0) is 18.0 Å². The van der Waals surface area contributed by atoms with E-state index in [4.69, 9.17) is 9.72 Å². The fraction of sp³-hybridized carbons (Fsp3) is 0.591. The summed E-state index contributed by atoms with van der Waals surface area (Å²) in [6.45, 7) is 2.12. The number of hydrogen-bond donors (Lipinski definition) is 0. The zero-order chi connectivity index (χ0) is 20.1. The molecule has 3 saturated carbocycles. The van der Waals surface area contributed by atoms with Crippen molar-refractivity contribution in [1.29, 1.82) is 0 Å². The lowest BCUT2D eigenvalue weighted by Gasteiger charge is -2.50. The monoisotopic (exact) mass is 513 g/mol. The third-order valence-corrected chi connectivity index (χ3v) is 7.58. The number of benzene rings is 1. The average molecular weight is 513 g/mol. The molecule has 4 nitrogen and oxygen atoms in total. The summed E-state index contributed by atoms with van der Waals surface area (Å²) in [5.74, 6) is -0.878. The molecular formula is C22H26F2IN3O. The number of alkyl halides is 2. The lowest BCUT2D eigenvalue weighted by atomic mass is 9.74. The second-order valence-electron chi connectivity index (χ2n) is 8.87. The summed E-state index contributed by atoms with van der Waals surface area (Å²) in [5, 5.41) is 0. The van der Waals surface area contributed by atoms with Gasteiger partial charge in [-0.2, -0.15) is 0 Å². The Labute approximate surface area is 183 Å². The van der Waals surface area contributed by atoms with Gasteiger partial charge in [-0.25, -0.2) is 13.8 Å². The molecule has 1 aromatic heterocycles. The highest BCUT2D eigenvalue weighted by Crippen LogP contribution is 2.61. The van der Waals surface area contributed by atoms with Crippen LogP contribution in [0.2, 0.25) is 0 Å². The molecular weight excluding hydrogens is 487 g/mol. The number of likely N-dealkylation sites (tertiary alicyclic amines) is 1. The first-order valence-corrected chi connectivity index (χ1v) is 11.5. The zero-order valence-electron chi connectivity index (χ0n) is 16.4. The van der Waals surface area contributed by atoms with Gasteiger partial charge >= 0.3 is 0 Å². The first-order valence-electron chi connectivity index (χ1n) is 10.4. The van der Waals surface area contributed by atoms with Crippen LogP contribution >= 0.6 is 22.6 Å². The molecule has 0 spiro atoms. The Morgan fingerprint density at radius 2 is 1.79 bits per heavy atom. The minimum Gasteiger partial charge on any atom is -0.369 e. The Morgan fingerprint density at radius 1 is 1.07 bits per heavy atom. The first-order chi connectivity index (χ1) is 13.9. The Balaban J connectivity index is 1.24. The highest BCUT2D eigenvalue weighted by Gasteiger charge is 2.60. The van der Waals surface area contributed by atoms with E-state index in [1.54, 1.807) is 0 Å². The fourth-order valence-corrected chi connectivity index (χ4v) is 6.14.